The molecule has 4 aromatic rings. The molecule has 0 bridgehead atoms. The maximum atomic E-state index is 12.9. The van der Waals surface area contributed by atoms with Crippen molar-refractivity contribution in [3.05, 3.63) is 72.3 Å². The van der Waals surface area contributed by atoms with Crippen LogP contribution in [0.25, 0.3) is 32.9 Å². The van der Waals surface area contributed by atoms with E-state index in [1.54, 1.807) is 13.2 Å². The Morgan fingerprint density at radius 2 is 1.71 bits per heavy atom. The van der Waals surface area contributed by atoms with E-state index < -0.39 is 0 Å². The first-order chi connectivity index (χ1) is 15.1. The average molecular weight is 411 g/mol. The van der Waals surface area contributed by atoms with Crippen molar-refractivity contribution in [2.45, 2.75) is 12.8 Å². The van der Waals surface area contributed by atoms with Crippen molar-refractivity contribution in [2.75, 3.05) is 7.11 Å². The number of methoxy groups -OCH3 is 1. The first-order valence-electron chi connectivity index (χ1n) is 10.2. The van der Waals surface area contributed by atoms with E-state index in [4.69, 9.17) is 9.72 Å². The molecule has 5 rings (SSSR count). The smallest absolute Gasteiger partial charge is 0.270 e. The van der Waals surface area contributed by atoms with E-state index in [2.05, 4.69) is 10.9 Å². The second-order valence-electron chi connectivity index (χ2n) is 7.72. The maximum Gasteiger partial charge on any atom is 0.270 e. The minimum atomic E-state index is -0.362. The fourth-order valence-electron chi connectivity index (χ4n) is 3.65. The second kappa shape index (κ2) is 7.72. The lowest BCUT2D eigenvalue weighted by molar-refractivity contribution is -0.123. The Morgan fingerprint density at radius 1 is 0.935 bits per heavy atom. The van der Waals surface area contributed by atoms with Gasteiger partial charge in [-0.05, 0) is 53.9 Å². The van der Waals surface area contributed by atoms with Gasteiger partial charge in [-0.15, -0.1) is 0 Å². The molecule has 1 aliphatic rings. The molecule has 154 valence electrons. The molecule has 0 saturated heterocycles. The van der Waals surface area contributed by atoms with E-state index in [-0.39, 0.29) is 17.7 Å². The van der Waals surface area contributed by atoms with E-state index in [1.165, 1.54) is 0 Å². The van der Waals surface area contributed by atoms with Crippen molar-refractivity contribution in [2.24, 2.45) is 5.92 Å². The van der Waals surface area contributed by atoms with Gasteiger partial charge in [0.15, 0.2) is 0 Å². The number of fused-ring (bicyclic) bond motifs is 2. The molecule has 0 spiro atoms. The van der Waals surface area contributed by atoms with Crippen molar-refractivity contribution in [1.29, 1.82) is 0 Å². The molecule has 1 fully saturated rings. The number of amides is 2. The summed E-state index contributed by atoms with van der Waals surface area (Å²) in [5, 5.41) is 2.84. The highest BCUT2D eigenvalue weighted by molar-refractivity contribution is 6.07. The fourth-order valence-corrected chi connectivity index (χ4v) is 3.65. The van der Waals surface area contributed by atoms with Gasteiger partial charge in [-0.1, -0.05) is 36.4 Å². The van der Waals surface area contributed by atoms with Crippen LogP contribution in [0.2, 0.25) is 0 Å². The second-order valence-corrected chi connectivity index (χ2v) is 7.72. The van der Waals surface area contributed by atoms with Crippen LogP contribution >= 0.6 is 0 Å². The molecular formula is C25H21N3O3. The summed E-state index contributed by atoms with van der Waals surface area (Å²) < 4.78 is 5.30. The van der Waals surface area contributed by atoms with Gasteiger partial charge in [-0.2, -0.15) is 0 Å². The summed E-state index contributed by atoms with van der Waals surface area (Å²) in [5.74, 6) is 0.314. The standard InChI is InChI=1S/C25H21N3O3/c1-31-19-11-10-16-12-18(9-8-17(16)13-19)23-14-21(20-4-2-3-5-22(20)26-23)25(30)28-27-24(29)15-6-7-15/h2-5,8-15H,6-7H2,1H3,(H,27,29)(H,28,30). The van der Waals surface area contributed by atoms with Crippen LogP contribution in [0.4, 0.5) is 0 Å². The number of hydrogen-bond donors (Lipinski definition) is 2. The van der Waals surface area contributed by atoms with Gasteiger partial charge in [0.25, 0.3) is 5.91 Å². The number of carbonyl (C=O) groups excluding carboxylic acids is 2. The minimum Gasteiger partial charge on any atom is -0.497 e. The number of rotatable bonds is 4. The number of benzene rings is 3. The lowest BCUT2D eigenvalue weighted by Crippen LogP contribution is -2.42. The molecule has 0 atom stereocenters. The number of carbonyl (C=O) groups is 2. The molecule has 0 unspecified atom stereocenters. The minimum absolute atomic E-state index is 0.0151. The highest BCUT2D eigenvalue weighted by atomic mass is 16.5. The SMILES string of the molecule is COc1ccc2cc(-c3cc(C(=O)NNC(=O)C4CC4)c4ccccc4n3)ccc2c1. The molecule has 2 N–H and O–H groups in total. The molecule has 1 heterocycles. The largest absolute Gasteiger partial charge is 0.497 e. The van der Waals surface area contributed by atoms with Gasteiger partial charge in [0.1, 0.15) is 5.75 Å². The van der Waals surface area contributed by atoms with Crippen molar-refractivity contribution >= 4 is 33.5 Å². The monoisotopic (exact) mass is 411 g/mol. The molecule has 6 heteroatoms. The summed E-state index contributed by atoms with van der Waals surface area (Å²) in [5.41, 5.74) is 7.86. The normalized spacial score (nSPS) is 13.2. The summed E-state index contributed by atoms with van der Waals surface area (Å²) in [6, 6.07) is 21.2. The highest BCUT2D eigenvalue weighted by Gasteiger charge is 2.30. The van der Waals surface area contributed by atoms with Gasteiger partial charge in [-0.25, -0.2) is 4.98 Å². The van der Waals surface area contributed by atoms with Crippen LogP contribution in [0, 0.1) is 5.92 Å². The summed E-state index contributed by atoms with van der Waals surface area (Å²) >= 11 is 0. The first kappa shape index (κ1) is 19.1. The molecular weight excluding hydrogens is 390 g/mol. The zero-order chi connectivity index (χ0) is 21.4. The summed E-state index contributed by atoms with van der Waals surface area (Å²) in [4.78, 5) is 29.6. The predicted molar refractivity (Wildman–Crippen MR) is 120 cm³/mol. The Labute approximate surface area is 179 Å². The van der Waals surface area contributed by atoms with E-state index in [0.29, 0.717) is 16.8 Å². The number of nitrogens with one attached hydrogen (secondary N) is 2. The van der Waals surface area contributed by atoms with Gasteiger partial charge in [0.2, 0.25) is 5.91 Å². The van der Waals surface area contributed by atoms with E-state index >= 15 is 0 Å². The zero-order valence-corrected chi connectivity index (χ0v) is 17.0. The Bertz CT molecular complexity index is 1330. The highest BCUT2D eigenvalue weighted by Crippen LogP contribution is 2.30. The predicted octanol–water partition coefficient (Wildman–Crippen LogP) is 4.23. The average Bonchev–Trinajstić information content (AvgIpc) is 3.66. The van der Waals surface area contributed by atoms with E-state index in [9.17, 15) is 9.59 Å². The number of hydrazine groups is 1. The molecule has 0 aliphatic heterocycles. The van der Waals surface area contributed by atoms with Crippen LogP contribution in [0.1, 0.15) is 23.2 Å². The Kier molecular flexibility index (Phi) is 4.75. The van der Waals surface area contributed by atoms with Crippen molar-refractivity contribution in [1.82, 2.24) is 15.8 Å². The van der Waals surface area contributed by atoms with Crippen LogP contribution in [0.5, 0.6) is 5.75 Å². The zero-order valence-electron chi connectivity index (χ0n) is 17.0. The first-order valence-corrected chi connectivity index (χ1v) is 10.2. The van der Waals surface area contributed by atoms with Crippen molar-refractivity contribution in [3.63, 3.8) is 0 Å². The van der Waals surface area contributed by atoms with Gasteiger partial charge in [-0.3, -0.25) is 20.4 Å². The molecule has 1 saturated carbocycles. The molecule has 0 radical (unpaired) electrons. The van der Waals surface area contributed by atoms with E-state index in [1.807, 2.05) is 60.7 Å². The third-order valence-electron chi connectivity index (χ3n) is 5.55. The van der Waals surface area contributed by atoms with Crippen molar-refractivity contribution in [3.8, 4) is 17.0 Å². The van der Waals surface area contributed by atoms with Crippen molar-refractivity contribution < 1.29 is 14.3 Å². The molecule has 31 heavy (non-hydrogen) atoms. The van der Waals surface area contributed by atoms with Gasteiger partial charge < -0.3 is 4.74 Å². The molecule has 1 aromatic heterocycles. The third kappa shape index (κ3) is 3.80. The Morgan fingerprint density at radius 3 is 2.52 bits per heavy atom. The van der Waals surface area contributed by atoms with Gasteiger partial charge >= 0.3 is 0 Å². The quantitative estimate of drug-likeness (QED) is 0.493. The number of para-hydroxylation sites is 1. The van der Waals surface area contributed by atoms with Crippen LogP contribution < -0.4 is 15.6 Å². The van der Waals surface area contributed by atoms with E-state index in [0.717, 1.165) is 40.3 Å². The topological polar surface area (TPSA) is 80.3 Å². The summed E-state index contributed by atoms with van der Waals surface area (Å²) in [7, 11) is 1.65. The molecule has 3 aromatic carbocycles. The maximum absolute atomic E-state index is 12.9. The molecule has 2 amide bonds. The van der Waals surface area contributed by atoms with Crippen LogP contribution in [-0.4, -0.2) is 23.9 Å². The number of nitrogens with zero attached hydrogens (tertiary/aromatic N) is 1. The fraction of sp³-hybridized carbons (Fsp3) is 0.160. The third-order valence-corrected chi connectivity index (χ3v) is 5.55. The van der Waals surface area contributed by atoms with Gasteiger partial charge in [0, 0.05) is 16.9 Å². The van der Waals surface area contributed by atoms with Gasteiger partial charge in [0.05, 0.1) is 23.9 Å². The van der Waals surface area contributed by atoms with Crippen LogP contribution in [-0.2, 0) is 4.79 Å². The number of hydrogen-bond acceptors (Lipinski definition) is 4. The summed E-state index contributed by atoms with van der Waals surface area (Å²) in [6.45, 7) is 0. The molecule has 1 aliphatic carbocycles. The van der Waals surface area contributed by atoms with Crippen LogP contribution in [0.15, 0.2) is 66.7 Å². The van der Waals surface area contributed by atoms with Crippen LogP contribution in [0.3, 0.4) is 0 Å². The number of aromatic nitrogens is 1. The lowest BCUT2D eigenvalue weighted by atomic mass is 10.0. The Hall–Kier alpha value is -3.93. The number of ether oxygens (including phenoxy) is 1. The lowest BCUT2D eigenvalue weighted by Gasteiger charge is -2.12. The summed E-state index contributed by atoms with van der Waals surface area (Å²) in [6.07, 6.45) is 1.75. The Balaban J connectivity index is 1.53. The molecule has 6 nitrogen and oxygen atoms in total. The number of pyridine rings is 1.